The molecule has 1 aliphatic rings. The summed E-state index contributed by atoms with van der Waals surface area (Å²) in [6.45, 7) is 4.27. The lowest BCUT2D eigenvalue weighted by atomic mass is 9.93. The summed E-state index contributed by atoms with van der Waals surface area (Å²) in [7, 11) is 0. The molecule has 0 bridgehead atoms. The molecule has 1 N–H and O–H groups in total. The van der Waals surface area contributed by atoms with Crippen LogP contribution in [0.3, 0.4) is 0 Å². The van der Waals surface area contributed by atoms with Gasteiger partial charge in [0.05, 0.1) is 12.0 Å². The molecule has 162 valence electrons. The van der Waals surface area contributed by atoms with Gasteiger partial charge in [0.1, 0.15) is 23.7 Å². The average Bonchev–Trinajstić information content (AvgIpc) is 2.77. The van der Waals surface area contributed by atoms with Crippen LogP contribution in [-0.2, 0) is 11.4 Å². The number of anilines is 1. The Balaban J connectivity index is 1.34. The second-order valence-corrected chi connectivity index (χ2v) is 8.34. The number of fused-ring (bicyclic) bond motifs is 1. The normalized spacial score (nSPS) is 14.5. The number of hydrogen-bond donors (Lipinski definition) is 1. The molecule has 4 rings (SSSR count). The third-order valence-electron chi connectivity index (χ3n) is 5.08. The summed E-state index contributed by atoms with van der Waals surface area (Å²) < 4.78 is 11.6. The molecule has 3 aromatic carbocycles. The van der Waals surface area contributed by atoms with E-state index in [0.717, 1.165) is 16.9 Å². The number of carbonyl (C=O) groups excluding carboxylic acids is 2. The van der Waals surface area contributed by atoms with Crippen molar-refractivity contribution in [3.05, 3.63) is 95.6 Å². The van der Waals surface area contributed by atoms with Crippen LogP contribution in [0.2, 0.25) is 0 Å². The Bertz CT molecular complexity index is 1150. The van der Waals surface area contributed by atoms with Crippen LogP contribution >= 0.6 is 0 Å². The highest BCUT2D eigenvalue weighted by molar-refractivity contribution is 6.04. The van der Waals surface area contributed by atoms with Crippen LogP contribution in [0, 0.1) is 0 Å². The zero-order valence-corrected chi connectivity index (χ0v) is 18.1. The first-order chi connectivity index (χ1) is 15.4. The first kappa shape index (κ1) is 21.4. The third-order valence-corrected chi connectivity index (χ3v) is 5.08. The fraction of sp³-hybridized carbons (Fsp3) is 0.185. The van der Waals surface area contributed by atoms with E-state index >= 15 is 0 Å². The van der Waals surface area contributed by atoms with Crippen molar-refractivity contribution in [3.63, 3.8) is 0 Å². The van der Waals surface area contributed by atoms with Gasteiger partial charge in [0.25, 0.3) is 0 Å². The van der Waals surface area contributed by atoms with E-state index in [1.165, 1.54) is 6.08 Å². The molecule has 0 atom stereocenters. The lowest BCUT2D eigenvalue weighted by molar-refractivity contribution is -0.111. The molecule has 0 aromatic heterocycles. The van der Waals surface area contributed by atoms with Crippen molar-refractivity contribution < 1.29 is 19.1 Å². The SMILES string of the molecule is CC1(C)CC(=O)c2cc(NC(=O)/C=C/c3ccc(OCc4ccccc4)cc3)ccc2O1. The second kappa shape index (κ2) is 9.10. The van der Waals surface area contributed by atoms with Gasteiger partial charge in [-0.3, -0.25) is 9.59 Å². The maximum Gasteiger partial charge on any atom is 0.248 e. The first-order valence-electron chi connectivity index (χ1n) is 10.5. The number of rotatable bonds is 6. The molecular formula is C27H25NO4. The number of ketones is 1. The van der Waals surface area contributed by atoms with E-state index in [4.69, 9.17) is 9.47 Å². The molecule has 5 heteroatoms. The van der Waals surface area contributed by atoms with Crippen LogP contribution in [0.15, 0.2) is 78.9 Å². The molecule has 0 unspecified atom stereocenters. The summed E-state index contributed by atoms with van der Waals surface area (Å²) in [4.78, 5) is 24.7. The standard InChI is InChI=1S/C27H25NO4/c1-27(2)17-24(29)23-16-21(11-14-25(23)32-27)28-26(30)15-10-19-8-12-22(13-9-19)31-18-20-6-4-3-5-7-20/h3-16H,17-18H2,1-2H3,(H,28,30)/b15-10+. The van der Waals surface area contributed by atoms with Gasteiger partial charge < -0.3 is 14.8 Å². The number of benzene rings is 3. The maximum absolute atomic E-state index is 12.4. The van der Waals surface area contributed by atoms with Crippen LogP contribution in [0.25, 0.3) is 6.08 Å². The van der Waals surface area contributed by atoms with Crippen LogP contribution in [0.1, 0.15) is 41.8 Å². The van der Waals surface area contributed by atoms with Crippen molar-refractivity contribution in [1.82, 2.24) is 0 Å². The van der Waals surface area contributed by atoms with E-state index in [1.54, 1.807) is 24.3 Å². The molecule has 0 spiro atoms. The molecule has 0 radical (unpaired) electrons. The third kappa shape index (κ3) is 5.43. The van der Waals surface area contributed by atoms with Crippen molar-refractivity contribution in [2.45, 2.75) is 32.5 Å². The Hall–Kier alpha value is -3.86. The number of hydrogen-bond acceptors (Lipinski definition) is 4. The van der Waals surface area contributed by atoms with E-state index in [1.807, 2.05) is 68.4 Å². The monoisotopic (exact) mass is 427 g/mol. The predicted molar refractivity (Wildman–Crippen MR) is 125 cm³/mol. The second-order valence-electron chi connectivity index (χ2n) is 8.34. The predicted octanol–water partition coefficient (Wildman–Crippen LogP) is 5.66. The molecule has 5 nitrogen and oxygen atoms in total. The lowest BCUT2D eigenvalue weighted by Crippen LogP contribution is -2.35. The molecular weight excluding hydrogens is 402 g/mol. The molecule has 1 aliphatic heterocycles. The van der Waals surface area contributed by atoms with E-state index < -0.39 is 5.60 Å². The summed E-state index contributed by atoms with van der Waals surface area (Å²) in [5.41, 5.74) is 2.52. The minimum atomic E-state index is -0.514. The zero-order chi connectivity index (χ0) is 22.6. The van der Waals surface area contributed by atoms with Gasteiger partial charge in [-0.1, -0.05) is 42.5 Å². The number of carbonyl (C=O) groups is 2. The van der Waals surface area contributed by atoms with E-state index in [-0.39, 0.29) is 11.7 Å². The fourth-order valence-electron chi connectivity index (χ4n) is 3.50. The van der Waals surface area contributed by atoms with Crippen molar-refractivity contribution in [1.29, 1.82) is 0 Å². The van der Waals surface area contributed by atoms with Crippen LogP contribution < -0.4 is 14.8 Å². The quantitative estimate of drug-likeness (QED) is 0.516. The zero-order valence-electron chi connectivity index (χ0n) is 18.1. The molecule has 3 aromatic rings. The van der Waals surface area contributed by atoms with Crippen LogP contribution in [-0.4, -0.2) is 17.3 Å². The van der Waals surface area contributed by atoms with Gasteiger partial charge >= 0.3 is 0 Å². The van der Waals surface area contributed by atoms with Gasteiger partial charge in [0.2, 0.25) is 5.91 Å². The fourth-order valence-corrected chi connectivity index (χ4v) is 3.50. The molecule has 0 aliphatic carbocycles. The Morgan fingerprint density at radius 3 is 2.56 bits per heavy atom. The van der Waals surface area contributed by atoms with E-state index in [9.17, 15) is 9.59 Å². The van der Waals surface area contributed by atoms with Crippen LogP contribution in [0.4, 0.5) is 5.69 Å². The molecule has 32 heavy (non-hydrogen) atoms. The molecule has 0 fully saturated rings. The first-order valence-corrected chi connectivity index (χ1v) is 10.5. The summed E-state index contributed by atoms with van der Waals surface area (Å²) in [6.07, 6.45) is 3.49. The Labute approximate surface area is 187 Å². The van der Waals surface area contributed by atoms with Crippen molar-refractivity contribution in [3.8, 4) is 11.5 Å². The summed E-state index contributed by atoms with van der Waals surface area (Å²) in [6, 6.07) is 22.6. The number of Topliss-reactive ketones (excluding diaryl/α,β-unsaturated/α-hetero) is 1. The lowest BCUT2D eigenvalue weighted by Gasteiger charge is -2.31. The molecule has 1 heterocycles. The number of amides is 1. The Kier molecular flexibility index (Phi) is 6.08. The summed E-state index contributed by atoms with van der Waals surface area (Å²) in [5, 5.41) is 2.80. The maximum atomic E-state index is 12.4. The minimum absolute atomic E-state index is 0.0115. The van der Waals surface area contributed by atoms with Crippen LogP contribution in [0.5, 0.6) is 11.5 Å². The minimum Gasteiger partial charge on any atom is -0.489 e. The van der Waals surface area contributed by atoms with Gasteiger partial charge in [-0.2, -0.15) is 0 Å². The number of ether oxygens (including phenoxy) is 2. The van der Waals surface area contributed by atoms with Gasteiger partial charge in [0.15, 0.2) is 5.78 Å². The molecule has 0 saturated carbocycles. The van der Waals surface area contributed by atoms with Gasteiger partial charge in [-0.25, -0.2) is 0 Å². The smallest absolute Gasteiger partial charge is 0.248 e. The van der Waals surface area contributed by atoms with Crippen molar-refractivity contribution >= 4 is 23.5 Å². The van der Waals surface area contributed by atoms with Gasteiger partial charge in [-0.05, 0) is 61.4 Å². The highest BCUT2D eigenvalue weighted by Gasteiger charge is 2.32. The largest absolute Gasteiger partial charge is 0.489 e. The molecule has 0 saturated heterocycles. The summed E-state index contributed by atoms with van der Waals surface area (Å²) in [5.74, 6) is 1.05. The topological polar surface area (TPSA) is 64.6 Å². The van der Waals surface area contributed by atoms with Crippen molar-refractivity contribution in [2.24, 2.45) is 0 Å². The highest BCUT2D eigenvalue weighted by atomic mass is 16.5. The van der Waals surface area contributed by atoms with Gasteiger partial charge in [0, 0.05) is 11.8 Å². The van der Waals surface area contributed by atoms with Gasteiger partial charge in [-0.15, -0.1) is 0 Å². The van der Waals surface area contributed by atoms with E-state index in [0.29, 0.717) is 30.0 Å². The average molecular weight is 428 g/mol. The highest BCUT2D eigenvalue weighted by Crippen LogP contribution is 2.34. The van der Waals surface area contributed by atoms with Crippen molar-refractivity contribution in [2.75, 3.05) is 5.32 Å². The summed E-state index contributed by atoms with van der Waals surface area (Å²) >= 11 is 0. The Morgan fingerprint density at radius 2 is 1.81 bits per heavy atom. The molecule has 1 amide bonds. The number of nitrogens with one attached hydrogen (secondary N) is 1. The Morgan fingerprint density at radius 1 is 1.06 bits per heavy atom. The van der Waals surface area contributed by atoms with E-state index in [2.05, 4.69) is 5.32 Å².